The fourth-order valence-electron chi connectivity index (χ4n) is 1.70. The third-order valence-electron chi connectivity index (χ3n) is 2.62. The van der Waals surface area contributed by atoms with Gasteiger partial charge in [0.2, 0.25) is 0 Å². The van der Waals surface area contributed by atoms with E-state index in [1.54, 1.807) is 6.92 Å². The van der Waals surface area contributed by atoms with Crippen molar-refractivity contribution in [1.29, 1.82) is 0 Å². The van der Waals surface area contributed by atoms with E-state index in [0.29, 0.717) is 24.7 Å². The van der Waals surface area contributed by atoms with E-state index in [-0.39, 0.29) is 22.3 Å². The minimum Gasteiger partial charge on any atom is -0.382 e. The SMILES string of the molecule is Cc1nc(N)c(Cl)c(N2CCS(=O)(=O)CC2)n1. The Morgan fingerprint density at radius 3 is 2.47 bits per heavy atom. The van der Waals surface area contributed by atoms with E-state index in [4.69, 9.17) is 17.3 Å². The molecule has 17 heavy (non-hydrogen) atoms. The minimum absolute atomic E-state index is 0.117. The van der Waals surface area contributed by atoms with Gasteiger partial charge in [-0.1, -0.05) is 11.6 Å². The van der Waals surface area contributed by atoms with Crippen LogP contribution in [0, 0.1) is 6.92 Å². The van der Waals surface area contributed by atoms with E-state index in [1.807, 2.05) is 4.90 Å². The molecular weight excluding hydrogens is 264 g/mol. The molecule has 0 spiro atoms. The molecule has 2 N–H and O–H groups in total. The van der Waals surface area contributed by atoms with Crippen molar-refractivity contribution in [2.75, 3.05) is 35.2 Å². The summed E-state index contributed by atoms with van der Waals surface area (Å²) in [5.41, 5.74) is 5.65. The van der Waals surface area contributed by atoms with E-state index in [1.165, 1.54) is 0 Å². The van der Waals surface area contributed by atoms with Gasteiger partial charge in [0.05, 0.1) is 11.5 Å². The van der Waals surface area contributed by atoms with E-state index >= 15 is 0 Å². The lowest BCUT2D eigenvalue weighted by atomic mass is 10.4. The molecule has 0 amide bonds. The summed E-state index contributed by atoms with van der Waals surface area (Å²) in [6, 6.07) is 0. The summed E-state index contributed by atoms with van der Waals surface area (Å²) in [6.45, 7) is 2.49. The van der Waals surface area contributed by atoms with Crippen LogP contribution in [0.3, 0.4) is 0 Å². The predicted octanol–water partition coefficient (Wildman–Crippen LogP) is 0.255. The Morgan fingerprint density at radius 2 is 1.88 bits per heavy atom. The molecule has 1 aromatic rings. The first-order valence-corrected chi connectivity index (χ1v) is 7.34. The van der Waals surface area contributed by atoms with Crippen molar-refractivity contribution in [2.24, 2.45) is 0 Å². The smallest absolute Gasteiger partial charge is 0.153 e. The summed E-state index contributed by atoms with van der Waals surface area (Å²) >= 11 is 6.03. The third kappa shape index (κ3) is 2.61. The zero-order valence-corrected chi connectivity index (χ0v) is 10.9. The van der Waals surface area contributed by atoms with Gasteiger partial charge >= 0.3 is 0 Å². The number of nitrogens with zero attached hydrogens (tertiary/aromatic N) is 3. The lowest BCUT2D eigenvalue weighted by molar-refractivity contribution is 0.586. The molecule has 94 valence electrons. The maximum Gasteiger partial charge on any atom is 0.153 e. The van der Waals surface area contributed by atoms with Crippen LogP contribution in [0.4, 0.5) is 11.6 Å². The number of halogens is 1. The molecule has 8 heteroatoms. The number of rotatable bonds is 1. The summed E-state index contributed by atoms with van der Waals surface area (Å²) in [4.78, 5) is 9.99. The average molecular weight is 277 g/mol. The predicted molar refractivity (Wildman–Crippen MR) is 67.1 cm³/mol. The van der Waals surface area contributed by atoms with Crippen LogP contribution in [-0.4, -0.2) is 43.0 Å². The van der Waals surface area contributed by atoms with Gasteiger partial charge in [-0.3, -0.25) is 0 Å². The lowest BCUT2D eigenvalue weighted by Gasteiger charge is -2.28. The Morgan fingerprint density at radius 1 is 1.29 bits per heavy atom. The van der Waals surface area contributed by atoms with Gasteiger partial charge in [-0.25, -0.2) is 18.4 Å². The molecule has 1 aliphatic heterocycles. The Labute approximate surface area is 105 Å². The van der Waals surface area contributed by atoms with Gasteiger partial charge in [-0.15, -0.1) is 0 Å². The van der Waals surface area contributed by atoms with Gasteiger partial charge in [0.25, 0.3) is 0 Å². The summed E-state index contributed by atoms with van der Waals surface area (Å²) in [7, 11) is -2.92. The quantitative estimate of drug-likeness (QED) is 0.791. The Kier molecular flexibility index (Phi) is 3.13. The van der Waals surface area contributed by atoms with Crippen LogP contribution in [0.5, 0.6) is 0 Å². The first-order valence-electron chi connectivity index (χ1n) is 5.14. The molecule has 0 bridgehead atoms. The van der Waals surface area contributed by atoms with Crippen LogP contribution in [0.2, 0.25) is 5.02 Å². The van der Waals surface area contributed by atoms with Crippen LogP contribution < -0.4 is 10.6 Å². The zero-order chi connectivity index (χ0) is 12.6. The highest BCUT2D eigenvalue weighted by atomic mass is 35.5. The van der Waals surface area contributed by atoms with E-state index in [0.717, 1.165) is 0 Å². The number of hydrogen-bond acceptors (Lipinski definition) is 6. The summed E-state index contributed by atoms with van der Waals surface area (Å²) in [6.07, 6.45) is 0. The van der Waals surface area contributed by atoms with E-state index < -0.39 is 9.84 Å². The van der Waals surface area contributed by atoms with Crippen molar-refractivity contribution in [3.05, 3.63) is 10.8 Å². The first-order chi connectivity index (χ1) is 7.89. The molecule has 2 heterocycles. The molecular formula is C9H13ClN4O2S. The van der Waals surface area contributed by atoms with Gasteiger partial charge in [-0.05, 0) is 6.92 Å². The highest BCUT2D eigenvalue weighted by molar-refractivity contribution is 7.91. The second-order valence-electron chi connectivity index (χ2n) is 3.93. The van der Waals surface area contributed by atoms with Gasteiger partial charge in [-0.2, -0.15) is 0 Å². The number of nitrogen functional groups attached to an aromatic ring is 1. The largest absolute Gasteiger partial charge is 0.382 e. The van der Waals surface area contributed by atoms with E-state index in [9.17, 15) is 8.42 Å². The van der Waals surface area contributed by atoms with E-state index in [2.05, 4.69) is 9.97 Å². The molecule has 0 saturated carbocycles. The van der Waals surface area contributed by atoms with Gasteiger partial charge in [0.1, 0.15) is 16.7 Å². The minimum atomic E-state index is -2.92. The standard InChI is InChI=1S/C9H13ClN4O2S/c1-6-12-8(11)7(10)9(13-6)14-2-4-17(15,16)5-3-14/h2-5H2,1H3,(H2,11,12,13). The molecule has 0 unspecified atom stereocenters. The van der Waals surface area contributed by atoms with Gasteiger partial charge < -0.3 is 10.6 Å². The van der Waals surface area contributed by atoms with Crippen LogP contribution in [-0.2, 0) is 9.84 Å². The third-order valence-corrected chi connectivity index (χ3v) is 4.59. The highest BCUT2D eigenvalue weighted by Gasteiger charge is 2.25. The Balaban J connectivity index is 2.30. The fraction of sp³-hybridized carbons (Fsp3) is 0.556. The summed E-state index contributed by atoms with van der Waals surface area (Å²) in [5.74, 6) is 1.50. The number of nitrogens with two attached hydrogens (primary N) is 1. The van der Waals surface area contributed by atoms with Crippen molar-refractivity contribution < 1.29 is 8.42 Å². The van der Waals surface area contributed by atoms with Crippen molar-refractivity contribution >= 4 is 33.1 Å². The molecule has 1 saturated heterocycles. The Bertz CT molecular complexity index is 532. The Hall–Kier alpha value is -1.08. The van der Waals surface area contributed by atoms with Crippen LogP contribution in [0.15, 0.2) is 0 Å². The topological polar surface area (TPSA) is 89.2 Å². The number of sulfone groups is 1. The highest BCUT2D eigenvalue weighted by Crippen LogP contribution is 2.28. The molecule has 1 aromatic heterocycles. The molecule has 2 rings (SSSR count). The number of anilines is 2. The average Bonchev–Trinajstić information content (AvgIpc) is 2.24. The number of aromatic nitrogens is 2. The second-order valence-corrected chi connectivity index (χ2v) is 6.61. The monoisotopic (exact) mass is 276 g/mol. The molecule has 0 aliphatic carbocycles. The molecule has 1 aliphatic rings. The molecule has 0 atom stereocenters. The molecule has 1 fully saturated rings. The van der Waals surface area contributed by atoms with Crippen LogP contribution >= 0.6 is 11.6 Å². The molecule has 0 aromatic carbocycles. The van der Waals surface area contributed by atoms with Crippen LogP contribution in [0.25, 0.3) is 0 Å². The zero-order valence-electron chi connectivity index (χ0n) is 9.35. The molecule has 6 nitrogen and oxygen atoms in total. The van der Waals surface area contributed by atoms with Crippen LogP contribution in [0.1, 0.15) is 5.82 Å². The maximum absolute atomic E-state index is 11.3. The van der Waals surface area contributed by atoms with Crippen molar-refractivity contribution in [2.45, 2.75) is 6.92 Å². The first kappa shape index (κ1) is 12.4. The van der Waals surface area contributed by atoms with Gasteiger partial charge in [0.15, 0.2) is 15.7 Å². The summed E-state index contributed by atoms with van der Waals surface area (Å²) in [5, 5.41) is 0.287. The molecule has 0 radical (unpaired) electrons. The maximum atomic E-state index is 11.3. The second kappa shape index (κ2) is 4.30. The normalized spacial score (nSPS) is 19.3. The van der Waals surface area contributed by atoms with Crippen molar-refractivity contribution in [3.63, 3.8) is 0 Å². The van der Waals surface area contributed by atoms with Crippen molar-refractivity contribution in [3.8, 4) is 0 Å². The number of hydrogen-bond donors (Lipinski definition) is 1. The van der Waals surface area contributed by atoms with Gasteiger partial charge in [0, 0.05) is 13.1 Å². The number of aryl methyl sites for hydroxylation is 1. The fourth-order valence-corrected chi connectivity index (χ4v) is 3.10. The van der Waals surface area contributed by atoms with Crippen molar-refractivity contribution in [1.82, 2.24) is 9.97 Å². The lowest BCUT2D eigenvalue weighted by Crippen LogP contribution is -2.41. The summed E-state index contributed by atoms with van der Waals surface area (Å²) < 4.78 is 22.7.